The second-order valence-electron chi connectivity index (χ2n) is 8.02. The van der Waals surface area contributed by atoms with Gasteiger partial charge < -0.3 is 14.8 Å². The van der Waals surface area contributed by atoms with E-state index in [4.69, 9.17) is 0 Å². The minimum Gasteiger partial charge on any atom is -0.352 e. The lowest BCUT2D eigenvalue weighted by atomic mass is 10.1. The van der Waals surface area contributed by atoms with Crippen molar-refractivity contribution in [3.8, 4) is 11.3 Å². The van der Waals surface area contributed by atoms with Gasteiger partial charge in [-0.25, -0.2) is 18.7 Å². The Labute approximate surface area is 173 Å². The molecule has 0 aromatic carbocycles. The lowest BCUT2D eigenvalue weighted by Gasteiger charge is -2.39. The number of rotatable bonds is 3. The maximum atomic E-state index is 14.1. The molecule has 1 amide bonds. The molecule has 2 saturated heterocycles. The Morgan fingerprint density at radius 3 is 2.53 bits per heavy atom. The molecule has 5 heterocycles. The Hall–Kier alpha value is -3.10. The van der Waals surface area contributed by atoms with Crippen LogP contribution in [0.1, 0.15) is 27.1 Å². The van der Waals surface area contributed by atoms with E-state index < -0.39 is 6.17 Å². The predicted molar refractivity (Wildman–Crippen MR) is 110 cm³/mol. The molecule has 0 radical (unpaired) electrons. The van der Waals surface area contributed by atoms with Crippen molar-refractivity contribution >= 4 is 23.3 Å². The molecule has 2 aliphatic heterocycles. The third-order valence-electron chi connectivity index (χ3n) is 5.93. The second kappa shape index (κ2) is 7.62. The molecule has 0 spiro atoms. The summed E-state index contributed by atoms with van der Waals surface area (Å²) in [6, 6.07) is 3.98. The number of hydrogen-bond donors (Lipinski definition) is 1. The van der Waals surface area contributed by atoms with Gasteiger partial charge in [0.25, 0.3) is 0 Å². The molecule has 3 aromatic rings. The minimum absolute atomic E-state index is 0. The zero-order valence-corrected chi connectivity index (χ0v) is 16.3. The number of fused-ring (bicyclic) bond motifs is 3. The van der Waals surface area contributed by atoms with Gasteiger partial charge in [0.05, 0.1) is 17.3 Å². The smallest absolute Gasteiger partial charge is 0.210 e. The summed E-state index contributed by atoms with van der Waals surface area (Å²) in [5.41, 5.74) is 1.78. The summed E-state index contributed by atoms with van der Waals surface area (Å²) in [7, 11) is 0. The van der Waals surface area contributed by atoms with Crippen LogP contribution in [-0.2, 0) is 4.79 Å². The molecule has 2 unspecified atom stereocenters. The Morgan fingerprint density at radius 2 is 1.90 bits per heavy atom. The Bertz CT molecular complexity index is 1060. The zero-order chi connectivity index (χ0) is 20.7. The fourth-order valence-corrected chi connectivity index (χ4v) is 4.26. The molecule has 1 saturated carbocycles. The average molecular weight is 414 g/mol. The van der Waals surface area contributed by atoms with Crippen LogP contribution in [0.2, 0.25) is 0 Å². The van der Waals surface area contributed by atoms with E-state index in [1.807, 2.05) is 11.0 Å². The van der Waals surface area contributed by atoms with Gasteiger partial charge in [-0.2, -0.15) is 0 Å². The zero-order valence-electron chi connectivity index (χ0n) is 16.3. The van der Waals surface area contributed by atoms with Gasteiger partial charge in [0.1, 0.15) is 24.0 Å². The highest BCUT2D eigenvalue weighted by Crippen LogP contribution is 2.34. The van der Waals surface area contributed by atoms with Crippen molar-refractivity contribution in [3.63, 3.8) is 0 Å². The van der Waals surface area contributed by atoms with Crippen molar-refractivity contribution in [1.82, 2.24) is 24.8 Å². The van der Waals surface area contributed by atoms with Gasteiger partial charge >= 0.3 is 0 Å². The van der Waals surface area contributed by atoms with Crippen LogP contribution in [0, 0.1) is 5.82 Å². The van der Waals surface area contributed by atoms with Crippen molar-refractivity contribution in [2.24, 2.45) is 0 Å². The number of carbonyl (C=O) groups excluding carboxylic acids is 1. The number of nitrogens with one attached hydrogen (secondary N) is 1. The highest BCUT2D eigenvalue weighted by atomic mass is 19.1. The third-order valence-corrected chi connectivity index (χ3v) is 5.93. The summed E-state index contributed by atoms with van der Waals surface area (Å²) in [6.45, 7) is 1.51. The topological polar surface area (TPSA) is 78.0 Å². The molecule has 9 heteroatoms. The van der Waals surface area contributed by atoms with Crippen LogP contribution in [0.3, 0.4) is 0 Å². The van der Waals surface area contributed by atoms with E-state index in [1.165, 1.54) is 12.5 Å². The Balaban J connectivity index is 0.000000418. The monoisotopic (exact) mass is 414 g/mol. The summed E-state index contributed by atoms with van der Waals surface area (Å²) in [5.74, 6) is 0.445. The molecule has 3 fully saturated rings. The van der Waals surface area contributed by atoms with Crippen molar-refractivity contribution in [3.05, 3.63) is 36.7 Å². The maximum Gasteiger partial charge on any atom is 0.210 e. The number of aromatic nitrogens is 4. The summed E-state index contributed by atoms with van der Waals surface area (Å²) < 4.78 is 25.2. The molecule has 3 aromatic heterocycles. The summed E-state index contributed by atoms with van der Waals surface area (Å²) in [6.07, 6.45) is 8.52. The summed E-state index contributed by atoms with van der Waals surface area (Å²) in [4.78, 5) is 31.2. The van der Waals surface area contributed by atoms with Crippen molar-refractivity contribution in [2.75, 3.05) is 18.0 Å². The van der Waals surface area contributed by atoms with E-state index in [0.717, 1.165) is 56.4 Å². The maximum absolute atomic E-state index is 14.1. The van der Waals surface area contributed by atoms with E-state index >= 15 is 0 Å². The largest absolute Gasteiger partial charge is 0.352 e. The third kappa shape index (κ3) is 3.48. The average Bonchev–Trinajstić information content (AvgIpc) is 3.34. The minimum atomic E-state index is -0.417. The lowest BCUT2D eigenvalue weighted by Crippen LogP contribution is -2.53. The predicted octanol–water partition coefficient (Wildman–Crippen LogP) is 3.33. The van der Waals surface area contributed by atoms with Gasteiger partial charge in [-0.1, -0.05) is 0 Å². The lowest BCUT2D eigenvalue weighted by molar-refractivity contribution is -0.121. The van der Waals surface area contributed by atoms with E-state index in [2.05, 4.69) is 24.8 Å². The van der Waals surface area contributed by atoms with Gasteiger partial charge in [0.2, 0.25) is 6.41 Å². The molecular formula is C21H24F2N6O. The highest BCUT2D eigenvalue weighted by molar-refractivity contribution is 5.92. The first kappa shape index (κ1) is 18.9. The second-order valence-corrected chi connectivity index (χ2v) is 8.02. The molecule has 2 atom stereocenters. The molecular weight excluding hydrogens is 390 g/mol. The van der Waals surface area contributed by atoms with Crippen molar-refractivity contribution in [1.29, 1.82) is 0 Å². The summed E-state index contributed by atoms with van der Waals surface area (Å²) >= 11 is 0. The van der Waals surface area contributed by atoms with Gasteiger partial charge in [0.15, 0.2) is 5.82 Å². The van der Waals surface area contributed by atoms with Crippen LogP contribution in [0.15, 0.2) is 30.9 Å². The first-order chi connectivity index (χ1) is 14.6. The highest BCUT2D eigenvalue weighted by Gasteiger charge is 2.39. The van der Waals surface area contributed by atoms with Crippen LogP contribution in [0.4, 0.5) is 14.6 Å². The Kier molecular flexibility index (Phi) is 4.80. The first-order valence-electron chi connectivity index (χ1n) is 10.2. The number of aromatic amines is 1. The number of H-pyrrole nitrogens is 1. The molecule has 158 valence electrons. The fraction of sp³-hybridized carbons (Fsp3) is 0.429. The molecule has 2 bridgehead atoms. The standard InChI is InChI=1S/C18H17FN6O.C3H5F.H2/c19-15-6-20-4-3-13(15)16-5-14-17(23-16)21-9-22-18(14)24-7-11-1-2-12(8-24)25(11)10-26;4-3-1-2-3;/h3-6,9-12H,1-2,7-8H2,(H,21,22,23);3H,1-2H2;1H. The molecule has 6 rings (SSSR count). The van der Waals surface area contributed by atoms with Crippen LogP contribution in [0.5, 0.6) is 0 Å². The first-order valence-corrected chi connectivity index (χ1v) is 10.2. The number of hydrogen-bond acceptors (Lipinski definition) is 5. The van der Waals surface area contributed by atoms with Crippen molar-refractivity contribution in [2.45, 2.75) is 43.9 Å². The number of anilines is 1. The van der Waals surface area contributed by atoms with Gasteiger partial charge in [-0.05, 0) is 37.8 Å². The fourth-order valence-electron chi connectivity index (χ4n) is 4.26. The number of pyridine rings is 1. The number of piperazine rings is 1. The van der Waals surface area contributed by atoms with Gasteiger partial charge in [-0.15, -0.1) is 0 Å². The van der Waals surface area contributed by atoms with Crippen LogP contribution < -0.4 is 4.90 Å². The molecule has 7 nitrogen and oxygen atoms in total. The Morgan fingerprint density at radius 1 is 1.17 bits per heavy atom. The molecule has 3 aliphatic rings. The number of amides is 1. The number of nitrogens with zero attached hydrogens (tertiary/aromatic N) is 5. The molecule has 1 N–H and O–H groups in total. The van der Waals surface area contributed by atoms with E-state index in [9.17, 15) is 13.6 Å². The van der Waals surface area contributed by atoms with E-state index in [1.54, 1.807) is 12.3 Å². The van der Waals surface area contributed by atoms with Crippen LogP contribution in [0.25, 0.3) is 22.3 Å². The molecule has 30 heavy (non-hydrogen) atoms. The number of halogens is 2. The van der Waals surface area contributed by atoms with Crippen molar-refractivity contribution < 1.29 is 15.0 Å². The number of carbonyl (C=O) groups is 1. The van der Waals surface area contributed by atoms with Gasteiger partial charge in [0, 0.05) is 38.4 Å². The summed E-state index contributed by atoms with van der Waals surface area (Å²) in [5, 5.41) is 0.859. The normalized spacial score (nSPS) is 22.7. The SMILES string of the molecule is FC1CC1.O=CN1C2CCC1CN(c1ncnc3[nH]c(-c4ccncc4F)cc13)C2.[HH]. The van der Waals surface area contributed by atoms with E-state index in [0.29, 0.717) is 16.9 Å². The van der Waals surface area contributed by atoms with Gasteiger partial charge in [-0.3, -0.25) is 9.78 Å². The quantitative estimate of drug-likeness (QED) is 0.665. The van der Waals surface area contributed by atoms with Crippen LogP contribution >= 0.6 is 0 Å². The number of alkyl halides is 1. The van der Waals surface area contributed by atoms with E-state index in [-0.39, 0.29) is 19.3 Å². The molecule has 1 aliphatic carbocycles. The van der Waals surface area contributed by atoms with Crippen LogP contribution in [-0.4, -0.2) is 62.6 Å².